The lowest BCUT2D eigenvalue weighted by atomic mass is 9.92. The molecule has 5 rings (SSSR count). The van der Waals surface area contributed by atoms with Gasteiger partial charge in [-0.25, -0.2) is 4.79 Å². The van der Waals surface area contributed by atoms with Crippen molar-refractivity contribution < 1.29 is 23.6 Å². The third-order valence-corrected chi connectivity index (χ3v) is 5.56. The van der Waals surface area contributed by atoms with E-state index in [1.54, 1.807) is 13.0 Å². The summed E-state index contributed by atoms with van der Waals surface area (Å²) in [5.41, 5.74) is 0.598. The van der Waals surface area contributed by atoms with Gasteiger partial charge in [-0.3, -0.25) is 9.69 Å². The molecule has 4 heterocycles. The second-order valence-electron chi connectivity index (χ2n) is 7.04. The topological polar surface area (TPSA) is 107 Å². The molecular weight excluding hydrogens is 396 g/mol. The highest BCUT2D eigenvalue weighted by Gasteiger charge is 2.48. The molecule has 0 aliphatic carbocycles. The summed E-state index contributed by atoms with van der Waals surface area (Å²) < 4.78 is 15.9. The molecule has 0 saturated carbocycles. The van der Waals surface area contributed by atoms with Crippen LogP contribution in [0.5, 0.6) is 11.5 Å². The maximum absolute atomic E-state index is 13.0. The number of fused-ring (bicyclic) bond motifs is 1. The minimum atomic E-state index is -1.08. The largest absolute Gasteiger partial charge is 0.454 e. The summed E-state index contributed by atoms with van der Waals surface area (Å²) in [4.78, 5) is 30.9. The molecule has 0 spiro atoms. The fourth-order valence-corrected chi connectivity index (χ4v) is 4.07. The number of carbonyl (C=O) groups excluding carboxylic acids is 2. The molecule has 2 aliphatic rings. The summed E-state index contributed by atoms with van der Waals surface area (Å²) in [6.07, 6.45) is 0.314. The van der Waals surface area contributed by atoms with Gasteiger partial charge >= 0.3 is 6.03 Å². The molecule has 3 amide bonds. The van der Waals surface area contributed by atoms with Crippen LogP contribution < -0.4 is 14.8 Å². The van der Waals surface area contributed by atoms with E-state index in [-0.39, 0.29) is 25.1 Å². The summed E-state index contributed by atoms with van der Waals surface area (Å²) in [6, 6.07) is 6.85. The first-order valence-corrected chi connectivity index (χ1v) is 9.84. The molecule has 1 fully saturated rings. The van der Waals surface area contributed by atoms with Crippen molar-refractivity contribution in [3.8, 4) is 22.9 Å². The van der Waals surface area contributed by atoms with Crippen LogP contribution in [0.1, 0.15) is 18.4 Å². The van der Waals surface area contributed by atoms with Crippen molar-refractivity contribution in [3.05, 3.63) is 46.5 Å². The van der Waals surface area contributed by atoms with Crippen LogP contribution >= 0.6 is 11.3 Å². The van der Waals surface area contributed by atoms with Crippen LogP contribution in [-0.2, 0) is 17.8 Å². The molecule has 1 N–H and O–H groups in total. The fraction of sp³-hybridized carbons (Fsp3) is 0.263. The highest BCUT2D eigenvalue weighted by molar-refractivity contribution is 7.08. The lowest BCUT2D eigenvalue weighted by Crippen LogP contribution is -2.45. The number of benzene rings is 1. The van der Waals surface area contributed by atoms with E-state index in [9.17, 15) is 9.59 Å². The quantitative estimate of drug-likeness (QED) is 0.642. The van der Waals surface area contributed by atoms with Gasteiger partial charge in [0, 0.05) is 17.4 Å². The van der Waals surface area contributed by atoms with Crippen LogP contribution in [0, 0.1) is 0 Å². The molecule has 148 valence electrons. The zero-order valence-electron chi connectivity index (χ0n) is 15.4. The van der Waals surface area contributed by atoms with Crippen LogP contribution in [0.25, 0.3) is 11.4 Å². The number of thiophene rings is 1. The van der Waals surface area contributed by atoms with Crippen LogP contribution in [0.3, 0.4) is 0 Å². The summed E-state index contributed by atoms with van der Waals surface area (Å²) in [5.74, 6) is 1.57. The lowest BCUT2D eigenvalue weighted by molar-refractivity contribution is -0.131. The van der Waals surface area contributed by atoms with E-state index < -0.39 is 11.6 Å². The van der Waals surface area contributed by atoms with Crippen molar-refractivity contribution in [1.82, 2.24) is 20.4 Å². The van der Waals surface area contributed by atoms with Gasteiger partial charge in [0.1, 0.15) is 12.1 Å². The van der Waals surface area contributed by atoms with E-state index in [1.165, 1.54) is 11.3 Å². The van der Waals surface area contributed by atoms with Gasteiger partial charge in [-0.15, -0.1) is 0 Å². The third-order valence-electron chi connectivity index (χ3n) is 4.88. The van der Waals surface area contributed by atoms with Gasteiger partial charge in [0.2, 0.25) is 18.5 Å². The average molecular weight is 412 g/mol. The number of imide groups is 1. The van der Waals surface area contributed by atoms with Crippen LogP contribution in [0.2, 0.25) is 0 Å². The van der Waals surface area contributed by atoms with Gasteiger partial charge in [0.15, 0.2) is 11.5 Å². The van der Waals surface area contributed by atoms with Crippen LogP contribution in [-0.4, -0.2) is 39.3 Å². The van der Waals surface area contributed by atoms with Crippen LogP contribution in [0.15, 0.2) is 39.5 Å². The van der Waals surface area contributed by atoms with Crippen molar-refractivity contribution in [2.24, 2.45) is 0 Å². The summed E-state index contributed by atoms with van der Waals surface area (Å²) in [5, 5.41) is 10.5. The first-order valence-electron chi connectivity index (χ1n) is 8.90. The molecule has 1 saturated heterocycles. The van der Waals surface area contributed by atoms with Crippen molar-refractivity contribution in [1.29, 1.82) is 0 Å². The van der Waals surface area contributed by atoms with E-state index in [0.717, 1.165) is 16.0 Å². The lowest BCUT2D eigenvalue weighted by Gasteiger charge is -2.21. The molecule has 29 heavy (non-hydrogen) atoms. The Bertz CT molecular complexity index is 1100. The molecule has 0 radical (unpaired) electrons. The van der Waals surface area contributed by atoms with Crippen LogP contribution in [0.4, 0.5) is 4.79 Å². The second kappa shape index (κ2) is 6.59. The van der Waals surface area contributed by atoms with Gasteiger partial charge in [-0.2, -0.15) is 16.3 Å². The third kappa shape index (κ3) is 3.11. The molecule has 10 heteroatoms. The summed E-state index contributed by atoms with van der Waals surface area (Å²) in [6.45, 7) is 1.79. The van der Waals surface area contributed by atoms with E-state index in [4.69, 9.17) is 14.0 Å². The number of rotatable bonds is 5. The van der Waals surface area contributed by atoms with E-state index >= 15 is 0 Å². The number of aromatic nitrogens is 2. The highest BCUT2D eigenvalue weighted by Crippen LogP contribution is 2.34. The minimum Gasteiger partial charge on any atom is -0.454 e. The Labute approximate surface area is 169 Å². The predicted octanol–water partition coefficient (Wildman–Crippen LogP) is 2.58. The normalized spacial score (nSPS) is 20.4. The Kier molecular flexibility index (Phi) is 4.02. The van der Waals surface area contributed by atoms with Gasteiger partial charge in [0.25, 0.3) is 5.91 Å². The Morgan fingerprint density at radius 2 is 2.10 bits per heavy atom. The Morgan fingerprint density at radius 1 is 1.24 bits per heavy atom. The summed E-state index contributed by atoms with van der Waals surface area (Å²) >= 11 is 1.52. The number of hydrogen-bond donors (Lipinski definition) is 1. The molecule has 3 aromatic rings. The van der Waals surface area contributed by atoms with E-state index in [1.807, 2.05) is 29.0 Å². The molecule has 0 bridgehead atoms. The Morgan fingerprint density at radius 3 is 2.93 bits per heavy atom. The molecule has 2 aromatic heterocycles. The average Bonchev–Trinajstić information content (AvgIpc) is 3.47. The molecular formula is C19H16N4O5S. The van der Waals surface area contributed by atoms with Crippen molar-refractivity contribution in [2.45, 2.75) is 25.4 Å². The second-order valence-corrected chi connectivity index (χ2v) is 7.82. The monoisotopic (exact) mass is 412 g/mol. The minimum absolute atomic E-state index is 0.0848. The van der Waals surface area contributed by atoms with Gasteiger partial charge in [0.05, 0.1) is 0 Å². The molecule has 9 nitrogen and oxygen atoms in total. The van der Waals surface area contributed by atoms with E-state index in [2.05, 4.69) is 15.5 Å². The number of amides is 3. The first kappa shape index (κ1) is 17.7. The number of urea groups is 1. The molecule has 1 atom stereocenters. The summed E-state index contributed by atoms with van der Waals surface area (Å²) in [7, 11) is 0. The molecule has 1 aromatic carbocycles. The molecule has 0 unspecified atom stereocenters. The zero-order valence-corrected chi connectivity index (χ0v) is 16.2. The first-order chi connectivity index (χ1) is 14.0. The zero-order chi connectivity index (χ0) is 20.0. The highest BCUT2D eigenvalue weighted by atomic mass is 32.1. The van der Waals surface area contributed by atoms with Crippen molar-refractivity contribution in [3.63, 3.8) is 0 Å². The number of hydrogen-bond acceptors (Lipinski definition) is 8. The van der Waals surface area contributed by atoms with E-state index in [0.29, 0.717) is 23.7 Å². The molecule has 2 aliphatic heterocycles. The maximum Gasteiger partial charge on any atom is 0.325 e. The number of carbonyl (C=O) groups is 2. The van der Waals surface area contributed by atoms with Gasteiger partial charge in [-0.05, 0) is 36.1 Å². The van der Waals surface area contributed by atoms with Gasteiger partial charge in [-0.1, -0.05) is 11.2 Å². The maximum atomic E-state index is 13.0. The van der Waals surface area contributed by atoms with Crippen molar-refractivity contribution >= 4 is 23.3 Å². The number of nitrogens with one attached hydrogen (secondary N) is 1. The fourth-order valence-electron chi connectivity index (χ4n) is 3.43. The van der Waals surface area contributed by atoms with Crippen molar-refractivity contribution in [2.75, 3.05) is 6.79 Å². The SMILES string of the molecule is C[C@@]1(Cc2ccc3c(c2)OCO3)NC(=O)N(Cc2nc(-c3ccsc3)no2)C1=O. The number of ether oxygens (including phenoxy) is 2. The smallest absolute Gasteiger partial charge is 0.325 e. The Balaban J connectivity index is 1.33. The predicted molar refractivity (Wildman–Crippen MR) is 101 cm³/mol. The number of nitrogens with zero attached hydrogens (tertiary/aromatic N) is 3. The van der Waals surface area contributed by atoms with Gasteiger partial charge < -0.3 is 19.3 Å². The Hall–Kier alpha value is -3.40. The standard InChI is InChI=1S/C19H16N4O5S/c1-19(7-11-2-3-13-14(6-11)27-10-26-13)17(24)23(18(25)21-19)8-15-20-16(22-28-15)12-4-5-29-9-12/h2-6,9H,7-8,10H2,1H3,(H,21,25)/t19-/m0/s1.